The maximum Gasteiger partial charge on any atom is 0.0635 e. The second-order valence-electron chi connectivity index (χ2n) is 5.78. The third-order valence-corrected chi connectivity index (χ3v) is 4.27. The predicted molar refractivity (Wildman–Crippen MR) is 97.7 cm³/mol. The highest BCUT2D eigenvalue weighted by Crippen LogP contribution is 2.21. The van der Waals surface area contributed by atoms with Crippen LogP contribution in [0.2, 0.25) is 0 Å². The first-order valence-electron chi connectivity index (χ1n) is 8.24. The average molecular weight is 311 g/mol. The van der Waals surface area contributed by atoms with Gasteiger partial charge >= 0.3 is 0 Å². The topological polar surface area (TPSA) is 27.7 Å². The Morgan fingerprint density at radius 1 is 0.826 bits per heavy atom. The fraction of sp³-hybridized carbons (Fsp3) is 0.368. The number of methoxy groups -OCH3 is 1. The Hall–Kier alpha value is -2.20. The Balaban J connectivity index is 1.53. The molecule has 0 amide bonds. The van der Waals surface area contributed by atoms with Gasteiger partial charge in [0.15, 0.2) is 0 Å². The van der Waals surface area contributed by atoms with Gasteiger partial charge < -0.3 is 19.9 Å². The Bertz CT molecular complexity index is 577. The van der Waals surface area contributed by atoms with Gasteiger partial charge in [-0.05, 0) is 36.4 Å². The van der Waals surface area contributed by atoms with E-state index >= 15 is 0 Å². The van der Waals surface area contributed by atoms with Crippen LogP contribution in [-0.4, -0.2) is 46.4 Å². The Kier molecular flexibility index (Phi) is 5.37. The maximum absolute atomic E-state index is 5.05. The first-order valence-corrected chi connectivity index (χ1v) is 8.24. The van der Waals surface area contributed by atoms with Crippen molar-refractivity contribution in [3.8, 4) is 0 Å². The van der Waals surface area contributed by atoms with E-state index in [1.807, 2.05) is 0 Å². The molecule has 1 N–H and O–H groups in total. The largest absolute Gasteiger partial charge is 0.383 e. The number of piperazine rings is 1. The monoisotopic (exact) mass is 311 g/mol. The quantitative estimate of drug-likeness (QED) is 0.830. The molecule has 4 nitrogen and oxygen atoms in total. The van der Waals surface area contributed by atoms with Gasteiger partial charge in [0.25, 0.3) is 0 Å². The van der Waals surface area contributed by atoms with E-state index in [1.54, 1.807) is 7.11 Å². The third-order valence-electron chi connectivity index (χ3n) is 4.27. The molecule has 122 valence electrons. The van der Waals surface area contributed by atoms with Crippen molar-refractivity contribution in [2.45, 2.75) is 0 Å². The summed E-state index contributed by atoms with van der Waals surface area (Å²) < 4.78 is 5.05. The number of nitrogens with one attached hydrogen (secondary N) is 1. The van der Waals surface area contributed by atoms with Gasteiger partial charge in [-0.25, -0.2) is 0 Å². The molecule has 1 aliphatic heterocycles. The number of para-hydroxylation sites is 1. The summed E-state index contributed by atoms with van der Waals surface area (Å²) in [7, 11) is 1.72. The lowest BCUT2D eigenvalue weighted by atomic mass is 10.2. The molecule has 2 aromatic carbocycles. The summed E-state index contributed by atoms with van der Waals surface area (Å²) in [5.74, 6) is 0. The van der Waals surface area contributed by atoms with E-state index in [9.17, 15) is 0 Å². The Morgan fingerprint density at radius 3 is 1.96 bits per heavy atom. The number of benzene rings is 2. The summed E-state index contributed by atoms with van der Waals surface area (Å²) in [6.45, 7) is 5.82. The minimum absolute atomic E-state index is 0.725. The minimum Gasteiger partial charge on any atom is -0.383 e. The van der Waals surface area contributed by atoms with E-state index in [2.05, 4.69) is 69.7 Å². The molecule has 0 saturated carbocycles. The molecule has 1 aliphatic rings. The molecule has 1 saturated heterocycles. The van der Waals surface area contributed by atoms with Crippen LogP contribution in [0.15, 0.2) is 54.6 Å². The number of rotatable bonds is 6. The maximum atomic E-state index is 5.05. The fourth-order valence-electron chi connectivity index (χ4n) is 2.95. The van der Waals surface area contributed by atoms with Gasteiger partial charge in [0.2, 0.25) is 0 Å². The van der Waals surface area contributed by atoms with Gasteiger partial charge in [-0.1, -0.05) is 18.2 Å². The molecular formula is C19H25N3O. The molecule has 3 rings (SSSR count). The highest BCUT2D eigenvalue weighted by Gasteiger charge is 2.17. The van der Waals surface area contributed by atoms with Crippen molar-refractivity contribution in [1.29, 1.82) is 0 Å². The van der Waals surface area contributed by atoms with Crippen molar-refractivity contribution in [3.05, 3.63) is 54.6 Å². The Labute approximate surface area is 138 Å². The van der Waals surface area contributed by atoms with E-state index in [-0.39, 0.29) is 0 Å². The van der Waals surface area contributed by atoms with Crippen LogP contribution in [0.5, 0.6) is 0 Å². The van der Waals surface area contributed by atoms with Crippen LogP contribution in [-0.2, 0) is 4.74 Å². The predicted octanol–water partition coefficient (Wildman–Crippen LogP) is 3.07. The van der Waals surface area contributed by atoms with Crippen molar-refractivity contribution in [2.24, 2.45) is 0 Å². The molecule has 2 aromatic rings. The normalized spacial score (nSPS) is 14.8. The first-order chi connectivity index (χ1) is 11.4. The van der Waals surface area contributed by atoms with Crippen LogP contribution in [0.3, 0.4) is 0 Å². The number of anilines is 3. The number of hydrogen-bond acceptors (Lipinski definition) is 4. The molecule has 0 radical (unpaired) electrons. The number of hydrogen-bond donors (Lipinski definition) is 1. The SMILES string of the molecule is COCCNc1ccc(N2CCN(c3ccccc3)CC2)cc1. The van der Waals surface area contributed by atoms with Gasteiger partial charge in [0.05, 0.1) is 6.61 Å². The van der Waals surface area contributed by atoms with Gasteiger partial charge in [-0.3, -0.25) is 0 Å². The van der Waals surface area contributed by atoms with Crippen molar-refractivity contribution in [3.63, 3.8) is 0 Å². The summed E-state index contributed by atoms with van der Waals surface area (Å²) in [6, 6.07) is 19.4. The molecule has 0 unspecified atom stereocenters. The number of ether oxygens (including phenoxy) is 1. The highest BCUT2D eigenvalue weighted by atomic mass is 16.5. The molecule has 0 aliphatic carbocycles. The average Bonchev–Trinajstić information content (AvgIpc) is 2.63. The van der Waals surface area contributed by atoms with Gasteiger partial charge in [-0.15, -0.1) is 0 Å². The van der Waals surface area contributed by atoms with E-state index in [4.69, 9.17) is 4.74 Å². The molecule has 4 heteroatoms. The van der Waals surface area contributed by atoms with Crippen molar-refractivity contribution >= 4 is 17.1 Å². The molecule has 0 bridgehead atoms. The summed E-state index contributed by atoms with van der Waals surface area (Å²) >= 11 is 0. The lowest BCUT2D eigenvalue weighted by Gasteiger charge is -2.37. The van der Waals surface area contributed by atoms with Crippen LogP contribution in [0.1, 0.15) is 0 Å². The summed E-state index contributed by atoms with van der Waals surface area (Å²) in [5.41, 5.74) is 3.77. The molecular weight excluding hydrogens is 286 g/mol. The van der Waals surface area contributed by atoms with Crippen LogP contribution >= 0.6 is 0 Å². The van der Waals surface area contributed by atoms with E-state index < -0.39 is 0 Å². The summed E-state index contributed by atoms with van der Waals surface area (Å²) in [5, 5.41) is 3.35. The van der Waals surface area contributed by atoms with E-state index in [0.29, 0.717) is 0 Å². The molecule has 1 heterocycles. The van der Waals surface area contributed by atoms with Crippen molar-refractivity contribution in [1.82, 2.24) is 0 Å². The zero-order valence-electron chi connectivity index (χ0n) is 13.7. The molecule has 1 fully saturated rings. The smallest absolute Gasteiger partial charge is 0.0635 e. The zero-order chi connectivity index (χ0) is 15.9. The summed E-state index contributed by atoms with van der Waals surface area (Å²) in [4.78, 5) is 4.91. The van der Waals surface area contributed by atoms with Crippen LogP contribution < -0.4 is 15.1 Å². The van der Waals surface area contributed by atoms with Gasteiger partial charge in [0, 0.05) is 56.9 Å². The van der Waals surface area contributed by atoms with E-state index in [0.717, 1.165) is 45.0 Å². The van der Waals surface area contributed by atoms with Crippen LogP contribution in [0, 0.1) is 0 Å². The van der Waals surface area contributed by atoms with Gasteiger partial charge in [0.1, 0.15) is 0 Å². The lowest BCUT2D eigenvalue weighted by molar-refractivity contribution is 0.211. The van der Waals surface area contributed by atoms with Gasteiger partial charge in [-0.2, -0.15) is 0 Å². The highest BCUT2D eigenvalue weighted by molar-refractivity contribution is 5.56. The fourth-order valence-corrected chi connectivity index (χ4v) is 2.95. The van der Waals surface area contributed by atoms with Crippen LogP contribution in [0.4, 0.5) is 17.1 Å². The van der Waals surface area contributed by atoms with Crippen LogP contribution in [0.25, 0.3) is 0 Å². The third kappa shape index (κ3) is 4.17. The summed E-state index contributed by atoms with van der Waals surface area (Å²) in [6.07, 6.45) is 0. The zero-order valence-corrected chi connectivity index (χ0v) is 13.7. The molecule has 0 aromatic heterocycles. The minimum atomic E-state index is 0.725. The number of nitrogens with zero attached hydrogens (tertiary/aromatic N) is 2. The second-order valence-corrected chi connectivity index (χ2v) is 5.78. The Morgan fingerprint density at radius 2 is 1.39 bits per heavy atom. The van der Waals surface area contributed by atoms with E-state index in [1.165, 1.54) is 11.4 Å². The lowest BCUT2D eigenvalue weighted by Crippen LogP contribution is -2.46. The van der Waals surface area contributed by atoms with Crippen molar-refractivity contribution < 1.29 is 4.74 Å². The molecule has 0 atom stereocenters. The standard InChI is InChI=1S/C19H25N3O/c1-23-16-11-20-17-7-9-19(10-8-17)22-14-12-21(13-15-22)18-5-3-2-4-6-18/h2-10,20H,11-16H2,1H3. The molecule has 23 heavy (non-hydrogen) atoms. The molecule has 0 spiro atoms. The second kappa shape index (κ2) is 7.88. The van der Waals surface area contributed by atoms with Crippen molar-refractivity contribution in [2.75, 3.05) is 61.6 Å². The first kappa shape index (κ1) is 15.7.